The summed E-state index contributed by atoms with van der Waals surface area (Å²) in [6, 6.07) is 17.4. The summed E-state index contributed by atoms with van der Waals surface area (Å²) in [4.78, 5) is 12.5. The maximum absolute atomic E-state index is 12.5. The van der Waals surface area contributed by atoms with E-state index in [0.29, 0.717) is 15.9 Å². The molecule has 0 saturated heterocycles. The Kier molecular flexibility index (Phi) is 5.96. The number of aromatic nitrogens is 3. The van der Waals surface area contributed by atoms with Gasteiger partial charge in [0.25, 0.3) is 0 Å². The van der Waals surface area contributed by atoms with Crippen LogP contribution in [0.4, 0.5) is 5.69 Å². The van der Waals surface area contributed by atoms with Crippen molar-refractivity contribution in [1.29, 1.82) is 0 Å². The third-order valence-corrected chi connectivity index (χ3v) is 5.42. The summed E-state index contributed by atoms with van der Waals surface area (Å²) in [5.41, 5.74) is 1.76. The molecule has 2 aromatic carbocycles. The van der Waals surface area contributed by atoms with Crippen LogP contribution in [-0.2, 0) is 4.79 Å². The summed E-state index contributed by atoms with van der Waals surface area (Å²) in [6.07, 6.45) is 1.69. The Morgan fingerprint density at radius 1 is 1.12 bits per heavy atom. The second kappa shape index (κ2) is 8.38. The van der Waals surface area contributed by atoms with Crippen LogP contribution in [0, 0.1) is 0 Å². The van der Waals surface area contributed by atoms with Crippen LogP contribution in [0.25, 0.3) is 0 Å². The first-order valence-corrected chi connectivity index (χ1v) is 9.48. The molecule has 0 aliphatic rings. The van der Waals surface area contributed by atoms with Gasteiger partial charge in [0, 0.05) is 0 Å². The lowest BCUT2D eigenvalue weighted by molar-refractivity contribution is -0.115. The van der Waals surface area contributed by atoms with E-state index in [0.717, 1.165) is 5.56 Å². The number of hydrogen-bond acceptors (Lipinski definition) is 4. The lowest BCUT2D eigenvalue weighted by atomic mass is 10.1. The molecule has 1 amide bonds. The number of nitrogens with one attached hydrogen (secondary N) is 1. The number of amides is 1. The van der Waals surface area contributed by atoms with Crippen LogP contribution in [0.1, 0.15) is 25.5 Å². The molecular formula is C19H19ClN4OS. The first-order valence-electron chi connectivity index (χ1n) is 8.22. The molecule has 0 spiro atoms. The Morgan fingerprint density at radius 2 is 1.81 bits per heavy atom. The number of hydrogen-bond donors (Lipinski definition) is 1. The van der Waals surface area contributed by atoms with Crippen LogP contribution in [0.15, 0.2) is 66.1 Å². The largest absolute Gasteiger partial charge is 0.324 e. The molecule has 0 saturated carbocycles. The molecular weight excluding hydrogens is 368 g/mol. The highest BCUT2D eigenvalue weighted by Crippen LogP contribution is 2.28. The predicted molar refractivity (Wildman–Crippen MR) is 106 cm³/mol. The minimum Gasteiger partial charge on any atom is -0.324 e. The van der Waals surface area contributed by atoms with Gasteiger partial charge < -0.3 is 9.88 Å². The smallest absolute Gasteiger partial charge is 0.237 e. The van der Waals surface area contributed by atoms with Crippen molar-refractivity contribution in [2.75, 3.05) is 5.32 Å². The van der Waals surface area contributed by atoms with E-state index in [4.69, 9.17) is 11.6 Å². The number of nitrogens with zero attached hydrogens (tertiary/aromatic N) is 3. The fourth-order valence-corrected chi connectivity index (χ4v) is 3.57. The summed E-state index contributed by atoms with van der Waals surface area (Å²) in [7, 11) is 0. The van der Waals surface area contributed by atoms with Gasteiger partial charge in [-0.2, -0.15) is 0 Å². The van der Waals surface area contributed by atoms with Crippen LogP contribution in [0.5, 0.6) is 0 Å². The van der Waals surface area contributed by atoms with E-state index in [9.17, 15) is 4.79 Å². The Balaban J connectivity index is 1.70. The van der Waals surface area contributed by atoms with Crippen LogP contribution < -0.4 is 5.32 Å². The molecule has 7 heteroatoms. The molecule has 0 unspecified atom stereocenters. The number of carbonyl (C=O) groups is 1. The first-order chi connectivity index (χ1) is 12.6. The third-order valence-electron chi connectivity index (χ3n) is 4.02. The van der Waals surface area contributed by atoms with Crippen molar-refractivity contribution in [1.82, 2.24) is 14.8 Å². The number of halogens is 1. The van der Waals surface area contributed by atoms with E-state index >= 15 is 0 Å². The highest BCUT2D eigenvalue weighted by Gasteiger charge is 2.20. The van der Waals surface area contributed by atoms with Gasteiger partial charge in [0.05, 0.1) is 22.0 Å². The zero-order valence-corrected chi connectivity index (χ0v) is 16.0. The maximum Gasteiger partial charge on any atom is 0.237 e. The molecule has 1 N–H and O–H groups in total. The predicted octanol–water partition coefficient (Wildman–Crippen LogP) is 4.66. The standard InChI is InChI=1S/C19H19ClN4OS/c1-13(15-8-4-3-5-9-15)24-12-21-23-19(24)26-14(2)18(25)22-17-11-7-6-10-16(17)20/h3-14H,1-2H3,(H,22,25)/t13-,14+/m0/s1. The molecule has 1 aromatic heterocycles. The van der Waals surface area contributed by atoms with E-state index in [-0.39, 0.29) is 17.2 Å². The summed E-state index contributed by atoms with van der Waals surface area (Å²) in [5.74, 6) is -0.134. The van der Waals surface area contributed by atoms with E-state index in [1.54, 1.807) is 18.5 Å². The molecule has 0 radical (unpaired) electrons. The molecule has 3 rings (SSSR count). The van der Waals surface area contributed by atoms with Crippen molar-refractivity contribution in [2.24, 2.45) is 0 Å². The van der Waals surface area contributed by atoms with Gasteiger partial charge in [-0.15, -0.1) is 10.2 Å². The van der Waals surface area contributed by atoms with Crippen molar-refractivity contribution in [2.45, 2.75) is 30.3 Å². The zero-order valence-electron chi connectivity index (χ0n) is 14.5. The number of benzene rings is 2. The Hall–Kier alpha value is -2.31. The molecule has 1 heterocycles. The Bertz CT molecular complexity index is 884. The first kappa shape index (κ1) is 18.5. The number of rotatable bonds is 6. The van der Waals surface area contributed by atoms with Crippen molar-refractivity contribution in [3.63, 3.8) is 0 Å². The van der Waals surface area contributed by atoms with E-state index in [1.807, 2.05) is 41.8 Å². The number of thioether (sulfide) groups is 1. The van der Waals surface area contributed by atoms with E-state index in [1.165, 1.54) is 11.8 Å². The van der Waals surface area contributed by atoms with Gasteiger partial charge in [0.15, 0.2) is 5.16 Å². The van der Waals surface area contributed by atoms with Gasteiger partial charge in [-0.3, -0.25) is 4.79 Å². The molecule has 3 aromatic rings. The average molecular weight is 387 g/mol. The summed E-state index contributed by atoms with van der Waals surface area (Å²) < 4.78 is 1.97. The van der Waals surface area contributed by atoms with Crippen LogP contribution in [0.3, 0.4) is 0 Å². The van der Waals surface area contributed by atoms with Gasteiger partial charge in [-0.1, -0.05) is 65.8 Å². The van der Waals surface area contributed by atoms with Gasteiger partial charge in [0.1, 0.15) is 6.33 Å². The summed E-state index contributed by atoms with van der Waals surface area (Å²) in [6.45, 7) is 3.92. The molecule has 0 bridgehead atoms. The fraction of sp³-hybridized carbons (Fsp3) is 0.211. The van der Waals surface area contributed by atoms with Crippen LogP contribution >= 0.6 is 23.4 Å². The molecule has 0 fully saturated rings. The SMILES string of the molecule is C[C@@H](Sc1nncn1[C@@H](C)c1ccccc1)C(=O)Nc1ccccc1Cl. The van der Waals surface area contributed by atoms with Gasteiger partial charge >= 0.3 is 0 Å². The number of para-hydroxylation sites is 1. The van der Waals surface area contributed by atoms with Crippen LogP contribution in [0.2, 0.25) is 5.02 Å². The number of anilines is 1. The topological polar surface area (TPSA) is 59.8 Å². The van der Waals surface area contributed by atoms with Crippen molar-refractivity contribution >= 4 is 35.0 Å². The second-order valence-corrected chi connectivity index (χ2v) is 7.55. The fourth-order valence-electron chi connectivity index (χ4n) is 2.48. The van der Waals surface area contributed by atoms with E-state index < -0.39 is 0 Å². The van der Waals surface area contributed by atoms with Gasteiger partial charge in [-0.25, -0.2) is 0 Å². The molecule has 5 nitrogen and oxygen atoms in total. The highest BCUT2D eigenvalue weighted by atomic mass is 35.5. The van der Waals surface area contributed by atoms with Gasteiger partial charge in [0.2, 0.25) is 5.91 Å². The Morgan fingerprint density at radius 3 is 2.54 bits per heavy atom. The average Bonchev–Trinajstić information content (AvgIpc) is 3.11. The Labute approximate surface area is 161 Å². The minimum absolute atomic E-state index is 0.0764. The lowest BCUT2D eigenvalue weighted by Crippen LogP contribution is -2.23. The lowest BCUT2D eigenvalue weighted by Gasteiger charge is -2.17. The van der Waals surface area contributed by atoms with E-state index in [2.05, 4.69) is 34.6 Å². The highest BCUT2D eigenvalue weighted by molar-refractivity contribution is 8.00. The number of carbonyl (C=O) groups excluding carboxylic acids is 1. The third kappa shape index (κ3) is 4.26. The molecule has 2 atom stereocenters. The van der Waals surface area contributed by atoms with Crippen molar-refractivity contribution < 1.29 is 4.79 Å². The zero-order chi connectivity index (χ0) is 18.5. The van der Waals surface area contributed by atoms with Crippen molar-refractivity contribution in [3.8, 4) is 0 Å². The molecule has 0 aliphatic heterocycles. The molecule has 0 aliphatic carbocycles. The summed E-state index contributed by atoms with van der Waals surface area (Å²) >= 11 is 7.47. The molecule has 26 heavy (non-hydrogen) atoms. The minimum atomic E-state index is -0.350. The normalized spacial score (nSPS) is 13.2. The quantitative estimate of drug-likeness (QED) is 0.626. The maximum atomic E-state index is 12.5. The summed E-state index contributed by atoms with van der Waals surface area (Å²) in [5, 5.41) is 11.9. The van der Waals surface area contributed by atoms with Crippen molar-refractivity contribution in [3.05, 3.63) is 71.5 Å². The van der Waals surface area contributed by atoms with Gasteiger partial charge in [-0.05, 0) is 31.5 Å². The monoisotopic (exact) mass is 386 g/mol. The second-order valence-electron chi connectivity index (χ2n) is 5.84. The van der Waals surface area contributed by atoms with Crippen LogP contribution in [-0.4, -0.2) is 25.9 Å². The molecule has 134 valence electrons.